The first-order valence-electron chi connectivity index (χ1n) is 9.11. The number of H-pyrrole nitrogens is 1. The lowest BCUT2D eigenvalue weighted by Gasteiger charge is -2.08. The van der Waals surface area contributed by atoms with Gasteiger partial charge in [-0.15, -0.1) is 0 Å². The van der Waals surface area contributed by atoms with E-state index in [0.717, 1.165) is 11.1 Å². The van der Waals surface area contributed by atoms with E-state index in [4.69, 9.17) is 9.84 Å². The number of aromatic amines is 1. The van der Waals surface area contributed by atoms with E-state index in [2.05, 4.69) is 25.3 Å². The van der Waals surface area contributed by atoms with Crippen molar-refractivity contribution in [2.45, 2.75) is 13.0 Å². The smallest absolute Gasteiger partial charge is 0.337 e. The highest BCUT2D eigenvalue weighted by Gasteiger charge is 2.13. The fourth-order valence-corrected chi connectivity index (χ4v) is 3.05. The molecule has 0 atom stereocenters. The van der Waals surface area contributed by atoms with Gasteiger partial charge in [0.2, 0.25) is 11.8 Å². The maximum Gasteiger partial charge on any atom is 0.337 e. The average Bonchev–Trinajstić information content (AvgIpc) is 3.16. The molecular formula is C21H18FN5O3. The summed E-state index contributed by atoms with van der Waals surface area (Å²) in [6.07, 6.45) is 4.91. The van der Waals surface area contributed by atoms with Crippen molar-refractivity contribution in [1.29, 1.82) is 0 Å². The number of nitrogens with one attached hydrogen (secondary N) is 2. The number of pyridine rings is 3. The average molecular weight is 407 g/mol. The van der Waals surface area contributed by atoms with Crippen molar-refractivity contribution in [2.24, 2.45) is 0 Å². The maximum absolute atomic E-state index is 14.6. The molecule has 0 amide bonds. The van der Waals surface area contributed by atoms with Crippen LogP contribution in [0, 0.1) is 5.95 Å². The summed E-state index contributed by atoms with van der Waals surface area (Å²) in [5, 5.41) is 12.9. The monoisotopic (exact) mass is 407 g/mol. The highest BCUT2D eigenvalue weighted by atomic mass is 19.1. The van der Waals surface area contributed by atoms with Crippen molar-refractivity contribution in [1.82, 2.24) is 19.9 Å². The Labute approximate surface area is 170 Å². The lowest BCUT2D eigenvalue weighted by Crippen LogP contribution is -2.04. The molecule has 0 spiro atoms. The number of aromatic nitrogens is 4. The summed E-state index contributed by atoms with van der Waals surface area (Å²) in [6.45, 7) is 0.439. The number of halogens is 1. The second-order valence-electron chi connectivity index (χ2n) is 6.62. The second-order valence-corrected chi connectivity index (χ2v) is 6.62. The van der Waals surface area contributed by atoms with Crippen LogP contribution < -0.4 is 10.1 Å². The Morgan fingerprint density at radius 3 is 2.77 bits per heavy atom. The number of methoxy groups -OCH3 is 1. The van der Waals surface area contributed by atoms with Gasteiger partial charge in [-0.05, 0) is 23.3 Å². The van der Waals surface area contributed by atoms with Crippen LogP contribution in [0.1, 0.15) is 27.0 Å². The van der Waals surface area contributed by atoms with Crippen LogP contribution in [-0.2, 0) is 13.0 Å². The van der Waals surface area contributed by atoms with Crippen LogP contribution in [0.4, 0.5) is 10.2 Å². The fraction of sp³-hybridized carbons (Fsp3) is 0.143. The third kappa shape index (κ3) is 4.04. The van der Waals surface area contributed by atoms with Crippen molar-refractivity contribution < 1.29 is 19.0 Å². The highest BCUT2D eigenvalue weighted by Crippen LogP contribution is 2.22. The zero-order valence-electron chi connectivity index (χ0n) is 16.0. The highest BCUT2D eigenvalue weighted by molar-refractivity contribution is 5.92. The molecule has 0 aliphatic carbocycles. The number of hydrogen-bond acceptors (Lipinski definition) is 6. The van der Waals surface area contributed by atoms with Gasteiger partial charge in [-0.1, -0.05) is 12.1 Å². The Bertz CT molecular complexity index is 1210. The van der Waals surface area contributed by atoms with Crippen LogP contribution in [0.25, 0.3) is 11.0 Å². The van der Waals surface area contributed by atoms with Crippen molar-refractivity contribution in [2.75, 3.05) is 12.4 Å². The van der Waals surface area contributed by atoms with Crippen LogP contribution in [0.2, 0.25) is 0 Å². The van der Waals surface area contributed by atoms with E-state index in [1.807, 2.05) is 6.07 Å². The number of nitrogens with zero attached hydrogens (tertiary/aromatic N) is 3. The number of fused-ring (bicyclic) bond motifs is 1. The van der Waals surface area contributed by atoms with Gasteiger partial charge >= 0.3 is 5.97 Å². The van der Waals surface area contributed by atoms with Crippen LogP contribution in [0.3, 0.4) is 0 Å². The van der Waals surface area contributed by atoms with Crippen LogP contribution in [-0.4, -0.2) is 38.1 Å². The number of carboxylic acid groups (broad SMARTS) is 1. The van der Waals surface area contributed by atoms with Gasteiger partial charge in [0.1, 0.15) is 11.5 Å². The topological polar surface area (TPSA) is 113 Å². The van der Waals surface area contributed by atoms with Crippen molar-refractivity contribution >= 4 is 22.8 Å². The molecule has 3 N–H and O–H groups in total. The minimum atomic E-state index is -1.06. The van der Waals surface area contributed by atoms with Crippen LogP contribution >= 0.6 is 0 Å². The number of anilines is 1. The first-order valence-corrected chi connectivity index (χ1v) is 9.11. The molecule has 30 heavy (non-hydrogen) atoms. The molecule has 0 radical (unpaired) electrons. The molecule has 0 aliphatic heterocycles. The summed E-state index contributed by atoms with van der Waals surface area (Å²) in [7, 11) is 1.55. The van der Waals surface area contributed by atoms with Gasteiger partial charge in [-0.2, -0.15) is 4.39 Å². The number of aromatic carboxylic acids is 1. The molecular weight excluding hydrogens is 389 g/mol. The molecule has 0 bridgehead atoms. The van der Waals surface area contributed by atoms with Gasteiger partial charge < -0.3 is 20.1 Å². The van der Waals surface area contributed by atoms with Gasteiger partial charge in [-0.3, -0.25) is 0 Å². The standard InChI is InChI=1S/C21H18FN5O3/c1-30-18-5-2-12(9-24-18)8-23-17-4-3-13(19(22)27-17)6-14-10-25-20-16(14)7-15(11-26-20)21(28)29/h2-5,7,9-11H,6,8H2,1H3,(H,23,27)(H,25,26)(H,28,29). The molecule has 4 rings (SSSR count). The maximum atomic E-state index is 14.6. The Morgan fingerprint density at radius 2 is 2.07 bits per heavy atom. The Kier molecular flexibility index (Phi) is 5.25. The lowest BCUT2D eigenvalue weighted by molar-refractivity contribution is 0.0696. The molecule has 4 heterocycles. The Balaban J connectivity index is 1.48. The van der Waals surface area contributed by atoms with Crippen LogP contribution in [0.15, 0.2) is 48.9 Å². The summed E-state index contributed by atoms with van der Waals surface area (Å²) >= 11 is 0. The van der Waals surface area contributed by atoms with Gasteiger partial charge in [0.15, 0.2) is 0 Å². The van der Waals surface area contributed by atoms with E-state index in [1.165, 1.54) is 12.3 Å². The molecule has 0 aliphatic rings. The summed E-state index contributed by atoms with van der Waals surface area (Å²) in [6, 6.07) is 8.50. The van der Waals surface area contributed by atoms with Crippen molar-refractivity contribution in [3.05, 3.63) is 77.1 Å². The lowest BCUT2D eigenvalue weighted by atomic mass is 10.1. The molecule has 0 aromatic carbocycles. The molecule has 4 aromatic rings. The summed E-state index contributed by atoms with van der Waals surface area (Å²) < 4.78 is 19.6. The van der Waals surface area contributed by atoms with Gasteiger partial charge in [0, 0.05) is 48.6 Å². The first kappa shape index (κ1) is 19.3. The van der Waals surface area contributed by atoms with E-state index < -0.39 is 11.9 Å². The Hall–Kier alpha value is -4.01. The Morgan fingerprint density at radius 1 is 1.20 bits per heavy atom. The van der Waals surface area contributed by atoms with E-state index >= 15 is 0 Å². The van der Waals surface area contributed by atoms with Gasteiger partial charge in [0.25, 0.3) is 0 Å². The van der Waals surface area contributed by atoms with E-state index in [1.54, 1.807) is 37.7 Å². The molecule has 8 nitrogen and oxygen atoms in total. The molecule has 9 heteroatoms. The third-order valence-electron chi connectivity index (χ3n) is 4.65. The fourth-order valence-electron chi connectivity index (χ4n) is 3.05. The minimum Gasteiger partial charge on any atom is -0.481 e. The summed E-state index contributed by atoms with van der Waals surface area (Å²) in [5.41, 5.74) is 2.67. The molecule has 0 fully saturated rings. The predicted octanol–water partition coefficient (Wildman–Crippen LogP) is 3.40. The quantitative estimate of drug-likeness (QED) is 0.402. The molecule has 152 valence electrons. The molecule has 0 saturated carbocycles. The molecule has 0 saturated heterocycles. The number of carbonyl (C=O) groups is 1. The largest absolute Gasteiger partial charge is 0.481 e. The number of hydrogen-bond donors (Lipinski definition) is 3. The normalized spacial score (nSPS) is 10.9. The van der Waals surface area contributed by atoms with Crippen molar-refractivity contribution in [3.8, 4) is 5.88 Å². The number of rotatable bonds is 7. The van der Waals surface area contributed by atoms with E-state index in [-0.39, 0.29) is 12.0 Å². The summed E-state index contributed by atoms with van der Waals surface area (Å²) in [4.78, 5) is 26.4. The van der Waals surface area contributed by atoms with Crippen molar-refractivity contribution in [3.63, 3.8) is 0 Å². The minimum absolute atomic E-state index is 0.0783. The number of ether oxygens (including phenoxy) is 1. The SMILES string of the molecule is COc1ccc(CNc2ccc(Cc3c[nH]c4ncc(C(=O)O)cc34)c(F)n2)cn1. The first-order chi connectivity index (χ1) is 14.5. The zero-order chi connectivity index (χ0) is 21.1. The predicted molar refractivity (Wildman–Crippen MR) is 108 cm³/mol. The van der Waals surface area contributed by atoms with E-state index in [9.17, 15) is 9.18 Å². The van der Waals surface area contributed by atoms with E-state index in [0.29, 0.717) is 34.8 Å². The summed E-state index contributed by atoms with van der Waals surface area (Å²) in [5.74, 6) is -0.729. The van der Waals surface area contributed by atoms with Gasteiger partial charge in [0.05, 0.1) is 12.7 Å². The van der Waals surface area contributed by atoms with Gasteiger partial charge in [-0.25, -0.2) is 19.7 Å². The third-order valence-corrected chi connectivity index (χ3v) is 4.65. The second kappa shape index (κ2) is 8.16. The molecule has 4 aromatic heterocycles. The number of carboxylic acids is 1. The molecule has 0 unspecified atom stereocenters. The zero-order valence-corrected chi connectivity index (χ0v) is 16.0. The van der Waals surface area contributed by atoms with Crippen LogP contribution in [0.5, 0.6) is 5.88 Å².